The van der Waals surface area contributed by atoms with Gasteiger partial charge in [-0.2, -0.15) is 0 Å². The molecule has 1 aromatic rings. The van der Waals surface area contributed by atoms with E-state index in [1.807, 2.05) is 0 Å². The van der Waals surface area contributed by atoms with Gasteiger partial charge >= 0.3 is 5.97 Å². The Kier molecular flexibility index (Phi) is 6.63. The van der Waals surface area contributed by atoms with E-state index in [-0.39, 0.29) is 22.8 Å². The van der Waals surface area contributed by atoms with Crippen molar-refractivity contribution in [2.45, 2.75) is 25.6 Å². The van der Waals surface area contributed by atoms with Crippen molar-refractivity contribution in [2.75, 3.05) is 12.9 Å². The number of aliphatic hydroxyl groups is 2. The van der Waals surface area contributed by atoms with E-state index in [0.29, 0.717) is 5.75 Å². The topological polar surface area (TPSA) is 96.7 Å². The molecule has 6 nitrogen and oxygen atoms in total. The number of esters is 1. The number of aliphatic hydroxyl groups excluding tert-OH is 2. The van der Waals surface area contributed by atoms with Gasteiger partial charge in [-0.1, -0.05) is 11.8 Å². The van der Waals surface area contributed by atoms with Crippen molar-refractivity contribution in [1.82, 2.24) is 4.98 Å². The molecule has 0 spiro atoms. The molecule has 20 heavy (non-hydrogen) atoms. The van der Waals surface area contributed by atoms with Crippen LogP contribution in [0.4, 0.5) is 0 Å². The lowest BCUT2D eigenvalue weighted by Crippen LogP contribution is -2.20. The van der Waals surface area contributed by atoms with Crippen LogP contribution < -0.4 is 0 Å². The molecule has 2 atom stereocenters. The lowest BCUT2D eigenvalue weighted by Gasteiger charge is -2.17. The van der Waals surface area contributed by atoms with Crippen LogP contribution in [0.15, 0.2) is 18.3 Å². The lowest BCUT2D eigenvalue weighted by molar-refractivity contribution is -0.109. The maximum absolute atomic E-state index is 11.2. The number of ether oxygens (including phenoxy) is 1. The second-order valence-corrected chi connectivity index (χ2v) is 5.38. The predicted molar refractivity (Wildman–Crippen MR) is 74.3 cm³/mol. The molecule has 0 aliphatic carbocycles. The standard InChI is InChI=1S/C13H17NO5S/c1-8(15)20-6-5-11(16)12(17)10-4-3-9(7-14-10)13(18)19-2/h3-4,7,11-12,16-17H,5-6H2,1-2H3. The fourth-order valence-electron chi connectivity index (χ4n) is 1.50. The van der Waals surface area contributed by atoms with Crippen LogP contribution in [0.3, 0.4) is 0 Å². The molecule has 7 heteroatoms. The molecular formula is C13H17NO5S. The molecule has 1 heterocycles. The van der Waals surface area contributed by atoms with Gasteiger partial charge in [0.2, 0.25) is 0 Å². The van der Waals surface area contributed by atoms with Crippen molar-refractivity contribution in [3.05, 3.63) is 29.6 Å². The van der Waals surface area contributed by atoms with Crippen LogP contribution >= 0.6 is 11.8 Å². The van der Waals surface area contributed by atoms with Crippen molar-refractivity contribution in [3.8, 4) is 0 Å². The Balaban J connectivity index is 2.60. The summed E-state index contributed by atoms with van der Waals surface area (Å²) in [5.41, 5.74) is 0.531. The number of nitrogens with zero attached hydrogens (tertiary/aromatic N) is 1. The number of aromatic nitrogens is 1. The van der Waals surface area contributed by atoms with Gasteiger partial charge in [-0.05, 0) is 18.6 Å². The van der Waals surface area contributed by atoms with Gasteiger partial charge in [-0.15, -0.1) is 0 Å². The Labute approximate surface area is 121 Å². The van der Waals surface area contributed by atoms with Gasteiger partial charge < -0.3 is 14.9 Å². The number of thioether (sulfide) groups is 1. The highest BCUT2D eigenvalue weighted by molar-refractivity contribution is 8.13. The molecule has 0 aliphatic heterocycles. The van der Waals surface area contributed by atoms with E-state index in [9.17, 15) is 19.8 Å². The summed E-state index contributed by atoms with van der Waals surface area (Å²) < 4.78 is 4.53. The Morgan fingerprint density at radius 3 is 2.60 bits per heavy atom. The number of carbonyl (C=O) groups excluding carboxylic acids is 2. The zero-order valence-corrected chi connectivity index (χ0v) is 12.1. The summed E-state index contributed by atoms with van der Waals surface area (Å²) in [7, 11) is 1.27. The molecule has 0 amide bonds. The summed E-state index contributed by atoms with van der Waals surface area (Å²) in [6.07, 6.45) is -0.625. The minimum absolute atomic E-state index is 0.0350. The molecule has 0 aromatic carbocycles. The third kappa shape index (κ3) is 4.92. The molecule has 0 fully saturated rings. The Hall–Kier alpha value is -1.44. The maximum atomic E-state index is 11.2. The molecule has 110 valence electrons. The number of rotatable bonds is 6. The van der Waals surface area contributed by atoms with Crippen LogP contribution in [-0.2, 0) is 9.53 Å². The summed E-state index contributed by atoms with van der Waals surface area (Å²) in [6.45, 7) is 1.45. The first-order valence-corrected chi connectivity index (χ1v) is 6.98. The fraction of sp³-hybridized carbons (Fsp3) is 0.462. The van der Waals surface area contributed by atoms with E-state index in [1.54, 1.807) is 0 Å². The van der Waals surface area contributed by atoms with Crippen molar-refractivity contribution in [3.63, 3.8) is 0 Å². The fourth-order valence-corrected chi connectivity index (χ4v) is 2.14. The van der Waals surface area contributed by atoms with Gasteiger partial charge in [0.1, 0.15) is 6.10 Å². The van der Waals surface area contributed by atoms with Crippen molar-refractivity contribution in [1.29, 1.82) is 0 Å². The van der Waals surface area contributed by atoms with Crippen LogP contribution in [0.25, 0.3) is 0 Å². The molecule has 0 bridgehead atoms. The van der Waals surface area contributed by atoms with Crippen molar-refractivity contribution in [2.24, 2.45) is 0 Å². The lowest BCUT2D eigenvalue weighted by atomic mass is 10.1. The first-order valence-electron chi connectivity index (χ1n) is 5.99. The molecule has 0 saturated carbocycles. The van der Waals surface area contributed by atoms with Crippen LogP contribution in [-0.4, -0.2) is 45.2 Å². The molecule has 0 radical (unpaired) electrons. The van der Waals surface area contributed by atoms with E-state index in [4.69, 9.17) is 0 Å². The quantitative estimate of drug-likeness (QED) is 0.754. The average molecular weight is 299 g/mol. The summed E-state index contributed by atoms with van der Waals surface area (Å²) in [4.78, 5) is 25.9. The number of hydrogen-bond acceptors (Lipinski definition) is 7. The Bertz CT molecular complexity index is 462. The summed E-state index contributed by atoms with van der Waals surface area (Å²) in [5, 5.41) is 19.7. The summed E-state index contributed by atoms with van der Waals surface area (Å²) in [6, 6.07) is 2.92. The molecule has 2 unspecified atom stereocenters. The van der Waals surface area contributed by atoms with Crippen LogP contribution in [0.5, 0.6) is 0 Å². The highest BCUT2D eigenvalue weighted by Gasteiger charge is 2.20. The number of carbonyl (C=O) groups is 2. The summed E-state index contributed by atoms with van der Waals surface area (Å²) in [5.74, 6) is -0.0923. The van der Waals surface area contributed by atoms with Crippen molar-refractivity contribution >= 4 is 22.8 Å². The smallest absolute Gasteiger partial charge is 0.339 e. The Morgan fingerprint density at radius 1 is 1.40 bits per heavy atom. The van der Waals surface area contributed by atoms with E-state index >= 15 is 0 Å². The van der Waals surface area contributed by atoms with E-state index in [0.717, 1.165) is 11.8 Å². The van der Waals surface area contributed by atoms with Gasteiger partial charge in [0.05, 0.1) is 24.5 Å². The molecule has 1 aromatic heterocycles. The normalized spacial score (nSPS) is 13.6. The van der Waals surface area contributed by atoms with Crippen LogP contribution in [0.2, 0.25) is 0 Å². The molecule has 1 rings (SSSR count). The minimum Gasteiger partial charge on any atom is -0.465 e. The molecular weight excluding hydrogens is 282 g/mol. The highest BCUT2D eigenvalue weighted by Crippen LogP contribution is 2.19. The minimum atomic E-state index is -1.16. The highest BCUT2D eigenvalue weighted by atomic mass is 32.2. The zero-order chi connectivity index (χ0) is 15.1. The van der Waals surface area contributed by atoms with Crippen molar-refractivity contribution < 1.29 is 24.5 Å². The number of methoxy groups -OCH3 is 1. The van der Waals surface area contributed by atoms with Gasteiger partial charge in [0.15, 0.2) is 5.12 Å². The first-order chi connectivity index (χ1) is 9.45. The predicted octanol–water partition coefficient (Wildman–Crippen LogP) is 0.932. The third-order valence-corrected chi connectivity index (χ3v) is 3.44. The number of hydrogen-bond donors (Lipinski definition) is 2. The zero-order valence-electron chi connectivity index (χ0n) is 11.3. The first kappa shape index (κ1) is 16.6. The third-order valence-electron chi connectivity index (χ3n) is 2.59. The second kappa shape index (κ2) is 7.98. The van der Waals surface area contributed by atoms with Gasteiger partial charge in [0.25, 0.3) is 0 Å². The summed E-state index contributed by atoms with van der Waals surface area (Å²) >= 11 is 1.09. The molecule has 2 N–H and O–H groups in total. The largest absolute Gasteiger partial charge is 0.465 e. The van der Waals surface area contributed by atoms with Gasteiger partial charge in [-0.25, -0.2) is 4.79 Å². The molecule has 0 saturated heterocycles. The van der Waals surface area contributed by atoms with Gasteiger partial charge in [0, 0.05) is 18.9 Å². The second-order valence-electron chi connectivity index (χ2n) is 4.10. The average Bonchev–Trinajstić information content (AvgIpc) is 2.45. The maximum Gasteiger partial charge on any atom is 0.339 e. The monoisotopic (exact) mass is 299 g/mol. The van der Waals surface area contributed by atoms with E-state index in [1.165, 1.54) is 32.4 Å². The van der Waals surface area contributed by atoms with Gasteiger partial charge in [-0.3, -0.25) is 9.78 Å². The van der Waals surface area contributed by atoms with E-state index < -0.39 is 18.2 Å². The SMILES string of the molecule is COC(=O)c1ccc(C(O)C(O)CCSC(C)=O)nc1. The number of pyridine rings is 1. The van der Waals surface area contributed by atoms with E-state index in [2.05, 4.69) is 9.72 Å². The van der Waals surface area contributed by atoms with Crippen LogP contribution in [0, 0.1) is 0 Å². The van der Waals surface area contributed by atoms with Crippen LogP contribution in [0.1, 0.15) is 35.5 Å². The molecule has 0 aliphatic rings. The Morgan fingerprint density at radius 2 is 2.10 bits per heavy atom.